The summed E-state index contributed by atoms with van der Waals surface area (Å²) in [7, 11) is 2.18. The number of nitrogens with zero attached hydrogens (tertiary/aromatic N) is 3. The van der Waals surface area contributed by atoms with Gasteiger partial charge in [0, 0.05) is 25.7 Å². The molecule has 0 amide bonds. The fourth-order valence-electron chi connectivity index (χ4n) is 2.18. The second kappa shape index (κ2) is 6.59. The molecule has 1 fully saturated rings. The van der Waals surface area contributed by atoms with Crippen molar-refractivity contribution in [3.8, 4) is 5.75 Å². The van der Waals surface area contributed by atoms with Crippen molar-refractivity contribution >= 4 is 5.69 Å². The first-order valence-electron chi connectivity index (χ1n) is 6.81. The van der Waals surface area contributed by atoms with Gasteiger partial charge >= 0.3 is 0 Å². The summed E-state index contributed by atoms with van der Waals surface area (Å²) in [5.41, 5.74) is 1.18. The molecule has 4 heteroatoms. The molecule has 1 saturated heterocycles. The highest BCUT2D eigenvalue weighted by Crippen LogP contribution is 2.20. The quantitative estimate of drug-likeness (QED) is 0.816. The molecule has 0 aromatic carbocycles. The normalized spacial score (nSPS) is 17.6. The van der Waals surface area contributed by atoms with Crippen LogP contribution in [0.3, 0.4) is 0 Å². The van der Waals surface area contributed by atoms with Crippen LogP contribution in [0.4, 0.5) is 5.69 Å². The van der Waals surface area contributed by atoms with Crippen molar-refractivity contribution in [3.63, 3.8) is 0 Å². The molecule has 18 heavy (non-hydrogen) atoms. The number of rotatable bonds is 4. The van der Waals surface area contributed by atoms with Crippen LogP contribution in [-0.4, -0.2) is 49.7 Å². The highest BCUT2D eigenvalue weighted by molar-refractivity contribution is 5.48. The van der Waals surface area contributed by atoms with Gasteiger partial charge < -0.3 is 14.5 Å². The lowest BCUT2D eigenvalue weighted by molar-refractivity contribution is 0.316. The number of anilines is 1. The molecule has 0 N–H and O–H groups in total. The summed E-state index contributed by atoms with van der Waals surface area (Å²) in [6, 6.07) is 2.11. The van der Waals surface area contributed by atoms with Crippen molar-refractivity contribution in [2.75, 3.05) is 44.7 Å². The zero-order valence-electron chi connectivity index (χ0n) is 11.4. The molecule has 0 aliphatic carbocycles. The van der Waals surface area contributed by atoms with Crippen LogP contribution in [0.15, 0.2) is 18.5 Å². The topological polar surface area (TPSA) is 28.6 Å². The predicted molar refractivity (Wildman–Crippen MR) is 74.4 cm³/mol. The number of hydrogen-bond acceptors (Lipinski definition) is 4. The summed E-state index contributed by atoms with van der Waals surface area (Å²) < 4.78 is 5.64. The van der Waals surface area contributed by atoms with Gasteiger partial charge in [-0.1, -0.05) is 6.92 Å². The molecule has 4 nitrogen and oxygen atoms in total. The maximum absolute atomic E-state index is 5.64. The van der Waals surface area contributed by atoms with E-state index in [1.54, 1.807) is 6.20 Å². The lowest BCUT2D eigenvalue weighted by atomic mass is 10.3. The molecule has 1 aliphatic rings. The Morgan fingerprint density at radius 2 is 2.11 bits per heavy atom. The molecule has 0 saturated carbocycles. The van der Waals surface area contributed by atoms with Gasteiger partial charge in [0.15, 0.2) is 0 Å². The zero-order chi connectivity index (χ0) is 12.8. The minimum atomic E-state index is 0.758. The SMILES string of the molecule is CCCOc1cncc(N2CCCN(C)CC2)c1. The summed E-state index contributed by atoms with van der Waals surface area (Å²) >= 11 is 0. The molecule has 1 aliphatic heterocycles. The average Bonchev–Trinajstić information content (AvgIpc) is 2.61. The van der Waals surface area contributed by atoms with Crippen molar-refractivity contribution in [2.45, 2.75) is 19.8 Å². The van der Waals surface area contributed by atoms with E-state index in [0.29, 0.717) is 0 Å². The molecule has 0 radical (unpaired) electrons. The molecule has 2 heterocycles. The molecule has 100 valence electrons. The van der Waals surface area contributed by atoms with Crippen LogP contribution >= 0.6 is 0 Å². The van der Waals surface area contributed by atoms with Crippen molar-refractivity contribution in [2.24, 2.45) is 0 Å². The maximum Gasteiger partial charge on any atom is 0.139 e. The molecule has 2 rings (SSSR count). The second-order valence-electron chi connectivity index (χ2n) is 4.87. The lowest BCUT2D eigenvalue weighted by Gasteiger charge is -2.22. The van der Waals surface area contributed by atoms with E-state index in [1.165, 1.54) is 18.7 Å². The van der Waals surface area contributed by atoms with Crippen LogP contribution in [0, 0.1) is 0 Å². The zero-order valence-corrected chi connectivity index (χ0v) is 11.4. The standard InChI is InChI=1S/C14H23N3O/c1-3-9-18-14-10-13(11-15-12-14)17-6-4-5-16(2)7-8-17/h10-12H,3-9H2,1-2H3. The Morgan fingerprint density at radius 3 is 2.94 bits per heavy atom. The summed E-state index contributed by atoms with van der Waals surface area (Å²) in [6.07, 6.45) is 5.96. The first kappa shape index (κ1) is 13.1. The van der Waals surface area contributed by atoms with E-state index in [1.807, 2.05) is 6.20 Å². The van der Waals surface area contributed by atoms with Crippen molar-refractivity contribution in [3.05, 3.63) is 18.5 Å². The average molecular weight is 249 g/mol. The van der Waals surface area contributed by atoms with E-state index >= 15 is 0 Å². The van der Waals surface area contributed by atoms with Gasteiger partial charge in [0.25, 0.3) is 0 Å². The molecule has 0 spiro atoms. The molecule has 0 atom stereocenters. The fourth-order valence-corrected chi connectivity index (χ4v) is 2.18. The first-order valence-corrected chi connectivity index (χ1v) is 6.81. The highest BCUT2D eigenvalue weighted by atomic mass is 16.5. The number of likely N-dealkylation sites (N-methyl/N-ethyl adjacent to an activating group) is 1. The summed E-state index contributed by atoms with van der Waals surface area (Å²) in [5.74, 6) is 0.881. The fraction of sp³-hybridized carbons (Fsp3) is 0.643. The van der Waals surface area contributed by atoms with E-state index in [2.05, 4.69) is 34.8 Å². The van der Waals surface area contributed by atoms with E-state index in [4.69, 9.17) is 4.74 Å². The van der Waals surface area contributed by atoms with Gasteiger partial charge in [-0.05, 0) is 26.4 Å². The van der Waals surface area contributed by atoms with Crippen LogP contribution in [0.2, 0.25) is 0 Å². The second-order valence-corrected chi connectivity index (χ2v) is 4.87. The van der Waals surface area contributed by atoms with Gasteiger partial charge in [0.2, 0.25) is 0 Å². The summed E-state index contributed by atoms with van der Waals surface area (Å²) in [5, 5.41) is 0. The number of aromatic nitrogens is 1. The highest BCUT2D eigenvalue weighted by Gasteiger charge is 2.13. The van der Waals surface area contributed by atoms with E-state index in [0.717, 1.165) is 38.4 Å². The molecular weight excluding hydrogens is 226 g/mol. The smallest absolute Gasteiger partial charge is 0.139 e. The van der Waals surface area contributed by atoms with Gasteiger partial charge in [0.05, 0.1) is 24.7 Å². The monoisotopic (exact) mass is 249 g/mol. The van der Waals surface area contributed by atoms with Crippen molar-refractivity contribution < 1.29 is 4.74 Å². The Kier molecular flexibility index (Phi) is 4.81. The number of pyridine rings is 1. The van der Waals surface area contributed by atoms with Crippen LogP contribution in [0.5, 0.6) is 5.75 Å². The predicted octanol–water partition coefficient (Wildman–Crippen LogP) is 2.01. The molecule has 0 bridgehead atoms. The minimum Gasteiger partial charge on any atom is -0.492 e. The molecule has 0 unspecified atom stereocenters. The van der Waals surface area contributed by atoms with Crippen LogP contribution in [0.25, 0.3) is 0 Å². The van der Waals surface area contributed by atoms with Gasteiger partial charge in [0.1, 0.15) is 5.75 Å². The molecule has 1 aromatic rings. The van der Waals surface area contributed by atoms with Crippen molar-refractivity contribution in [1.82, 2.24) is 9.88 Å². The largest absolute Gasteiger partial charge is 0.492 e. The minimum absolute atomic E-state index is 0.758. The Balaban J connectivity index is 2.02. The van der Waals surface area contributed by atoms with Crippen LogP contribution in [-0.2, 0) is 0 Å². The Bertz CT molecular complexity index is 370. The van der Waals surface area contributed by atoms with Crippen molar-refractivity contribution in [1.29, 1.82) is 0 Å². The lowest BCUT2D eigenvalue weighted by Crippen LogP contribution is -2.28. The summed E-state index contributed by atoms with van der Waals surface area (Å²) in [4.78, 5) is 9.06. The van der Waals surface area contributed by atoms with E-state index < -0.39 is 0 Å². The Morgan fingerprint density at radius 1 is 1.22 bits per heavy atom. The van der Waals surface area contributed by atoms with Crippen LogP contribution < -0.4 is 9.64 Å². The van der Waals surface area contributed by atoms with E-state index in [-0.39, 0.29) is 0 Å². The van der Waals surface area contributed by atoms with Gasteiger partial charge in [-0.3, -0.25) is 4.98 Å². The maximum atomic E-state index is 5.64. The van der Waals surface area contributed by atoms with Gasteiger partial charge in [-0.15, -0.1) is 0 Å². The van der Waals surface area contributed by atoms with E-state index in [9.17, 15) is 0 Å². The third kappa shape index (κ3) is 3.60. The first-order chi connectivity index (χ1) is 8.79. The van der Waals surface area contributed by atoms with Crippen LogP contribution in [0.1, 0.15) is 19.8 Å². The molecular formula is C14H23N3O. The third-order valence-electron chi connectivity index (χ3n) is 3.26. The number of ether oxygens (including phenoxy) is 1. The van der Waals surface area contributed by atoms with Gasteiger partial charge in [-0.2, -0.15) is 0 Å². The Labute approximate surface area is 110 Å². The third-order valence-corrected chi connectivity index (χ3v) is 3.26. The number of hydrogen-bond donors (Lipinski definition) is 0. The van der Waals surface area contributed by atoms with Gasteiger partial charge in [-0.25, -0.2) is 0 Å². The summed E-state index contributed by atoms with van der Waals surface area (Å²) in [6.45, 7) is 7.32. The Hall–Kier alpha value is -1.29. The molecule has 1 aromatic heterocycles.